The van der Waals surface area contributed by atoms with Crippen molar-refractivity contribution >= 4 is 40.5 Å². The molecule has 0 spiro atoms. The van der Waals surface area contributed by atoms with E-state index in [1.165, 1.54) is 11.8 Å². The van der Waals surface area contributed by atoms with Gasteiger partial charge in [-0.3, -0.25) is 14.8 Å². The number of H-pyrrole nitrogens is 1. The molecule has 13 heteroatoms. The van der Waals surface area contributed by atoms with E-state index in [-0.39, 0.29) is 32.0 Å². The van der Waals surface area contributed by atoms with Crippen LogP contribution in [0.15, 0.2) is 58.7 Å². The van der Waals surface area contributed by atoms with Gasteiger partial charge in [0, 0.05) is 47.0 Å². The molecule has 2 atom stereocenters. The first-order chi connectivity index (χ1) is 17.9. The number of fused-ring (bicyclic) bond motifs is 1. The van der Waals surface area contributed by atoms with Gasteiger partial charge in [0.25, 0.3) is 0 Å². The third-order valence-corrected chi connectivity index (χ3v) is 7.01. The van der Waals surface area contributed by atoms with Gasteiger partial charge < -0.3 is 15.7 Å². The minimum Gasteiger partial charge on any atom is -0.395 e. The number of likely N-dealkylation sites (tertiary alicyclic amines) is 1. The number of amides is 1. The highest BCUT2D eigenvalue weighted by Gasteiger charge is 2.37. The van der Waals surface area contributed by atoms with Gasteiger partial charge in [0.05, 0.1) is 13.2 Å². The van der Waals surface area contributed by atoms with Crippen LogP contribution in [0.2, 0.25) is 0 Å². The summed E-state index contributed by atoms with van der Waals surface area (Å²) in [6.07, 6.45) is -0.440. The molecule has 4 heterocycles. The second kappa shape index (κ2) is 10.8. The summed E-state index contributed by atoms with van der Waals surface area (Å²) in [5, 5.41) is 27.7. The lowest BCUT2D eigenvalue weighted by Gasteiger charge is -2.21. The second-order valence-electron chi connectivity index (χ2n) is 8.91. The normalized spacial score (nSPS) is 18.1. The number of anilines is 3. The zero-order valence-electron chi connectivity index (χ0n) is 19.9. The standard InChI is InChI=1S/C24H26F2N8O2S/c1-14-9-20(31-30-14)28-23-19-3-2-8-34(19)32-24(29-23)37-18-6-4-16(5-7-18)27-21(36)12-33-11-15(22(25)26)10-17(33)13-35/h2-9,15,17,22,35H,10-13H2,1H3,(H,27,36)(H2,28,29,30,31,32)/t15-,17+/m1/s1. The predicted octanol–water partition coefficient (Wildman–Crippen LogP) is 3.54. The number of aromatic nitrogens is 5. The molecule has 1 aromatic carbocycles. The van der Waals surface area contributed by atoms with E-state index >= 15 is 0 Å². The van der Waals surface area contributed by atoms with E-state index < -0.39 is 18.4 Å². The van der Waals surface area contributed by atoms with Crippen LogP contribution in [0.3, 0.4) is 0 Å². The van der Waals surface area contributed by atoms with Gasteiger partial charge in [-0.25, -0.2) is 18.3 Å². The highest BCUT2D eigenvalue weighted by atomic mass is 32.2. The number of carbonyl (C=O) groups is 1. The molecule has 10 nitrogen and oxygen atoms in total. The van der Waals surface area contributed by atoms with Crippen molar-refractivity contribution in [1.29, 1.82) is 0 Å². The van der Waals surface area contributed by atoms with Crippen molar-refractivity contribution < 1.29 is 18.7 Å². The van der Waals surface area contributed by atoms with Crippen molar-refractivity contribution in [2.75, 3.05) is 30.3 Å². The number of aromatic amines is 1. The van der Waals surface area contributed by atoms with Crippen LogP contribution in [0.1, 0.15) is 12.1 Å². The predicted molar refractivity (Wildman–Crippen MR) is 135 cm³/mol. The van der Waals surface area contributed by atoms with Gasteiger partial charge in [0.1, 0.15) is 5.52 Å². The van der Waals surface area contributed by atoms with E-state index in [1.54, 1.807) is 21.5 Å². The fourth-order valence-corrected chi connectivity index (χ4v) is 5.09. The number of halogens is 2. The molecule has 0 bridgehead atoms. The maximum Gasteiger partial charge on any atom is 0.242 e. The van der Waals surface area contributed by atoms with Crippen LogP contribution in [0.25, 0.3) is 5.52 Å². The second-order valence-corrected chi connectivity index (χ2v) is 9.95. The minimum absolute atomic E-state index is 0.0546. The van der Waals surface area contributed by atoms with Crippen molar-refractivity contribution in [1.82, 2.24) is 29.7 Å². The lowest BCUT2D eigenvalue weighted by atomic mass is 10.1. The van der Waals surface area contributed by atoms with E-state index in [2.05, 4.69) is 30.9 Å². The van der Waals surface area contributed by atoms with Crippen molar-refractivity contribution in [3.63, 3.8) is 0 Å². The highest BCUT2D eigenvalue weighted by Crippen LogP contribution is 2.30. The molecular weight excluding hydrogens is 502 g/mol. The molecule has 4 aromatic rings. The summed E-state index contributed by atoms with van der Waals surface area (Å²) in [6, 6.07) is 12.4. The zero-order valence-corrected chi connectivity index (χ0v) is 20.8. The van der Waals surface area contributed by atoms with Crippen molar-refractivity contribution in [3.05, 3.63) is 54.4 Å². The van der Waals surface area contributed by atoms with Crippen LogP contribution in [0.4, 0.5) is 26.1 Å². The number of carbonyl (C=O) groups excluding carboxylic acids is 1. The molecule has 3 aromatic heterocycles. The third kappa shape index (κ3) is 5.89. The highest BCUT2D eigenvalue weighted by molar-refractivity contribution is 7.99. The van der Waals surface area contributed by atoms with Crippen LogP contribution < -0.4 is 10.6 Å². The SMILES string of the molecule is Cc1cc(Nc2nc(Sc3ccc(NC(=O)CN4C[C@H](C(F)F)C[C@H]4CO)cc3)nn3cccc23)n[nH]1. The molecule has 4 N–H and O–H groups in total. The lowest BCUT2D eigenvalue weighted by molar-refractivity contribution is -0.117. The van der Waals surface area contributed by atoms with E-state index in [1.807, 2.05) is 43.5 Å². The molecule has 0 radical (unpaired) electrons. The summed E-state index contributed by atoms with van der Waals surface area (Å²) in [5.41, 5.74) is 2.32. The largest absolute Gasteiger partial charge is 0.395 e. The van der Waals surface area contributed by atoms with Gasteiger partial charge in [0.15, 0.2) is 11.6 Å². The first-order valence-corrected chi connectivity index (χ1v) is 12.5. The smallest absolute Gasteiger partial charge is 0.242 e. The number of rotatable bonds is 9. The van der Waals surface area contributed by atoms with E-state index in [0.29, 0.717) is 22.5 Å². The van der Waals surface area contributed by atoms with Crippen LogP contribution >= 0.6 is 11.8 Å². The molecule has 0 unspecified atom stereocenters. The summed E-state index contributed by atoms with van der Waals surface area (Å²) >= 11 is 1.36. The summed E-state index contributed by atoms with van der Waals surface area (Å²) in [6.45, 7) is 1.70. The number of aliphatic hydroxyl groups excluding tert-OH is 1. The number of alkyl halides is 2. The van der Waals surface area contributed by atoms with Gasteiger partial charge in [-0.1, -0.05) is 0 Å². The summed E-state index contributed by atoms with van der Waals surface area (Å²) in [7, 11) is 0. The first-order valence-electron chi connectivity index (χ1n) is 11.7. The maximum atomic E-state index is 13.1. The summed E-state index contributed by atoms with van der Waals surface area (Å²) in [4.78, 5) is 19.6. The van der Waals surface area contributed by atoms with Crippen LogP contribution in [-0.4, -0.2) is 72.9 Å². The Bertz CT molecular complexity index is 1380. The van der Waals surface area contributed by atoms with Gasteiger partial charge in [-0.2, -0.15) is 5.10 Å². The Hall–Kier alpha value is -3.55. The average molecular weight is 529 g/mol. The van der Waals surface area contributed by atoms with Crippen LogP contribution in [0, 0.1) is 12.8 Å². The average Bonchev–Trinajstić information content (AvgIpc) is 3.60. The summed E-state index contributed by atoms with van der Waals surface area (Å²) < 4.78 is 27.8. The molecule has 1 fully saturated rings. The number of benzene rings is 1. The minimum atomic E-state index is -2.46. The zero-order chi connectivity index (χ0) is 25.9. The van der Waals surface area contributed by atoms with Gasteiger partial charge in [0.2, 0.25) is 17.5 Å². The van der Waals surface area contributed by atoms with Gasteiger partial charge in [-0.05, 0) is 61.5 Å². The molecule has 1 amide bonds. The summed E-state index contributed by atoms with van der Waals surface area (Å²) in [5.74, 6) is 0.127. The molecular formula is C24H26F2N8O2S. The first kappa shape index (κ1) is 25.1. The Morgan fingerprint density at radius 3 is 2.81 bits per heavy atom. The van der Waals surface area contributed by atoms with E-state index in [0.717, 1.165) is 16.1 Å². The molecule has 5 rings (SSSR count). The number of aliphatic hydroxyl groups is 1. The monoisotopic (exact) mass is 528 g/mol. The molecule has 0 aliphatic carbocycles. The number of nitrogens with zero attached hydrogens (tertiary/aromatic N) is 5. The molecule has 1 aliphatic rings. The molecule has 1 saturated heterocycles. The number of hydrogen-bond acceptors (Lipinski definition) is 8. The number of aryl methyl sites for hydroxylation is 1. The maximum absolute atomic E-state index is 13.1. The van der Waals surface area contributed by atoms with Crippen molar-refractivity contribution in [2.24, 2.45) is 5.92 Å². The van der Waals surface area contributed by atoms with E-state index in [9.17, 15) is 18.7 Å². The Kier molecular flexibility index (Phi) is 7.35. The quantitative estimate of drug-likeness (QED) is 0.260. The van der Waals surface area contributed by atoms with E-state index in [4.69, 9.17) is 0 Å². The topological polar surface area (TPSA) is 123 Å². The lowest BCUT2D eigenvalue weighted by Crippen LogP contribution is -2.38. The Labute approximate surface area is 215 Å². The Morgan fingerprint density at radius 1 is 1.30 bits per heavy atom. The van der Waals surface area contributed by atoms with Crippen molar-refractivity contribution in [3.8, 4) is 0 Å². The Morgan fingerprint density at radius 2 is 2.11 bits per heavy atom. The molecule has 194 valence electrons. The molecule has 1 aliphatic heterocycles. The Balaban J connectivity index is 1.23. The van der Waals surface area contributed by atoms with Gasteiger partial charge >= 0.3 is 0 Å². The number of hydrogen-bond donors (Lipinski definition) is 4. The molecule has 37 heavy (non-hydrogen) atoms. The fraction of sp³-hybridized carbons (Fsp3) is 0.333. The van der Waals surface area contributed by atoms with Crippen LogP contribution in [-0.2, 0) is 4.79 Å². The van der Waals surface area contributed by atoms with Crippen molar-refractivity contribution in [2.45, 2.75) is 35.9 Å². The fourth-order valence-electron chi connectivity index (χ4n) is 4.34. The molecule has 0 saturated carbocycles. The number of nitrogens with one attached hydrogen (secondary N) is 3. The van der Waals surface area contributed by atoms with Crippen LogP contribution in [0.5, 0.6) is 0 Å². The third-order valence-electron chi connectivity index (χ3n) is 6.15. The van der Waals surface area contributed by atoms with Gasteiger partial charge in [-0.15, -0.1) is 5.10 Å².